The van der Waals surface area contributed by atoms with Gasteiger partial charge in [-0.1, -0.05) is 0 Å². The van der Waals surface area contributed by atoms with E-state index in [1.54, 1.807) is 18.2 Å². The molecule has 0 radical (unpaired) electrons. The Balaban J connectivity index is 1.76. The van der Waals surface area contributed by atoms with Gasteiger partial charge in [0.15, 0.2) is 11.5 Å². The number of aromatic nitrogens is 1. The topological polar surface area (TPSA) is 64.4 Å². The molecule has 0 saturated carbocycles. The highest BCUT2D eigenvalue weighted by atomic mass is 32.1. The molecule has 0 spiro atoms. The molecule has 0 atom stereocenters. The fourth-order valence-electron chi connectivity index (χ4n) is 2.90. The predicted octanol–water partition coefficient (Wildman–Crippen LogP) is 5.16. The summed E-state index contributed by atoms with van der Waals surface area (Å²) in [6.07, 6.45) is -2.86. The number of halogens is 3. The number of ether oxygens (including phenoxy) is 3. The molecular weight excluding hydrogens is 405 g/mol. The Morgan fingerprint density at radius 3 is 2.76 bits per heavy atom. The van der Waals surface area contributed by atoms with Crippen molar-refractivity contribution in [2.24, 2.45) is 0 Å². The lowest BCUT2D eigenvalue weighted by atomic mass is 10.1. The van der Waals surface area contributed by atoms with Crippen LogP contribution in [0.4, 0.5) is 13.2 Å². The zero-order valence-electron chi connectivity index (χ0n) is 15.0. The molecule has 29 heavy (non-hydrogen) atoms. The smallest absolute Gasteiger partial charge is 0.416 e. The van der Waals surface area contributed by atoms with E-state index in [0.29, 0.717) is 45.7 Å². The minimum absolute atomic E-state index is 0.195. The first-order valence-corrected chi connectivity index (χ1v) is 9.28. The lowest BCUT2D eigenvalue weighted by Gasteiger charge is -2.21. The highest BCUT2D eigenvalue weighted by molar-refractivity contribution is 7.19. The molecule has 5 nitrogen and oxygen atoms in total. The summed E-state index contributed by atoms with van der Waals surface area (Å²) in [5.74, 6) is 1.46. The number of hydrogen-bond acceptors (Lipinski definition) is 6. The van der Waals surface area contributed by atoms with E-state index >= 15 is 0 Å². The molecule has 148 valence electrons. The second kappa shape index (κ2) is 7.29. The lowest BCUT2D eigenvalue weighted by Crippen LogP contribution is -2.16. The number of allylic oxidation sites excluding steroid dienone is 1. The van der Waals surface area contributed by atoms with E-state index in [9.17, 15) is 18.4 Å². The van der Waals surface area contributed by atoms with Crippen molar-refractivity contribution in [2.75, 3.05) is 20.3 Å². The van der Waals surface area contributed by atoms with Crippen molar-refractivity contribution in [3.05, 3.63) is 46.5 Å². The van der Waals surface area contributed by atoms with E-state index < -0.39 is 11.7 Å². The SMILES string of the molecule is COc1cc(/C=C(\C#N)c2nc3cc(C(F)(F)F)ccc3s2)cc2c1OCCO2. The maximum atomic E-state index is 12.9. The Labute approximate surface area is 167 Å². The van der Waals surface area contributed by atoms with E-state index in [4.69, 9.17) is 14.2 Å². The summed E-state index contributed by atoms with van der Waals surface area (Å²) in [5.41, 5.74) is 0.262. The third kappa shape index (κ3) is 3.71. The average Bonchev–Trinajstić information content (AvgIpc) is 3.13. The largest absolute Gasteiger partial charge is 0.493 e. The number of fused-ring (bicyclic) bond motifs is 2. The van der Waals surface area contributed by atoms with Gasteiger partial charge < -0.3 is 14.2 Å². The summed E-state index contributed by atoms with van der Waals surface area (Å²) >= 11 is 1.15. The van der Waals surface area contributed by atoms with Crippen LogP contribution >= 0.6 is 11.3 Å². The van der Waals surface area contributed by atoms with Crippen molar-refractivity contribution < 1.29 is 27.4 Å². The highest BCUT2D eigenvalue weighted by Crippen LogP contribution is 2.41. The molecule has 0 amide bonds. The molecule has 3 aromatic rings. The fraction of sp³-hybridized carbons (Fsp3) is 0.200. The van der Waals surface area contributed by atoms with Crippen LogP contribution in [-0.2, 0) is 6.18 Å². The second-order valence-electron chi connectivity index (χ2n) is 6.12. The van der Waals surface area contributed by atoms with Gasteiger partial charge in [-0.15, -0.1) is 11.3 Å². The molecule has 0 aliphatic carbocycles. The monoisotopic (exact) mass is 418 g/mol. The molecule has 0 unspecified atom stereocenters. The molecule has 2 heterocycles. The van der Waals surface area contributed by atoms with Crippen molar-refractivity contribution in [1.82, 2.24) is 4.98 Å². The summed E-state index contributed by atoms with van der Waals surface area (Å²) in [6.45, 7) is 0.807. The summed E-state index contributed by atoms with van der Waals surface area (Å²) in [7, 11) is 1.50. The first-order chi connectivity index (χ1) is 13.9. The van der Waals surface area contributed by atoms with Gasteiger partial charge in [0.05, 0.1) is 28.5 Å². The first-order valence-electron chi connectivity index (χ1n) is 8.46. The van der Waals surface area contributed by atoms with Gasteiger partial charge in [0.2, 0.25) is 5.75 Å². The van der Waals surface area contributed by atoms with Crippen LogP contribution in [0.5, 0.6) is 17.2 Å². The van der Waals surface area contributed by atoms with Crippen LogP contribution in [0, 0.1) is 11.3 Å². The Morgan fingerprint density at radius 1 is 1.24 bits per heavy atom. The number of benzene rings is 2. The van der Waals surface area contributed by atoms with Crippen LogP contribution in [0.3, 0.4) is 0 Å². The minimum Gasteiger partial charge on any atom is -0.493 e. The van der Waals surface area contributed by atoms with Gasteiger partial charge in [0, 0.05) is 0 Å². The van der Waals surface area contributed by atoms with E-state index in [2.05, 4.69) is 11.1 Å². The number of rotatable bonds is 3. The van der Waals surface area contributed by atoms with Gasteiger partial charge in [-0.3, -0.25) is 0 Å². The van der Waals surface area contributed by atoms with E-state index in [1.165, 1.54) is 13.2 Å². The van der Waals surface area contributed by atoms with Crippen molar-refractivity contribution >= 4 is 33.2 Å². The van der Waals surface area contributed by atoms with Crippen molar-refractivity contribution in [3.8, 4) is 23.3 Å². The van der Waals surface area contributed by atoms with Gasteiger partial charge in [-0.2, -0.15) is 18.4 Å². The normalized spacial score (nSPS) is 14.0. The summed E-state index contributed by atoms with van der Waals surface area (Å²) < 4.78 is 55.8. The van der Waals surface area contributed by atoms with Crippen LogP contribution in [-0.4, -0.2) is 25.3 Å². The molecule has 9 heteroatoms. The summed E-state index contributed by atoms with van der Waals surface area (Å²) in [6, 6.07) is 8.82. The number of nitriles is 1. The third-order valence-corrected chi connectivity index (χ3v) is 5.30. The van der Waals surface area contributed by atoms with Gasteiger partial charge in [0.25, 0.3) is 0 Å². The second-order valence-corrected chi connectivity index (χ2v) is 7.15. The van der Waals surface area contributed by atoms with Gasteiger partial charge in [-0.05, 0) is 42.0 Å². The fourth-order valence-corrected chi connectivity index (χ4v) is 3.82. The molecule has 0 N–H and O–H groups in total. The Bertz CT molecular complexity index is 1140. The molecule has 0 saturated heterocycles. The number of alkyl halides is 3. The minimum atomic E-state index is -4.45. The van der Waals surface area contributed by atoms with Crippen LogP contribution in [0.15, 0.2) is 30.3 Å². The molecule has 0 fully saturated rings. The Kier molecular flexibility index (Phi) is 4.80. The molecule has 1 aliphatic rings. The zero-order chi connectivity index (χ0) is 20.6. The number of methoxy groups -OCH3 is 1. The van der Waals surface area contributed by atoms with Gasteiger partial charge >= 0.3 is 6.18 Å². The first kappa shape index (κ1) is 19.1. The molecule has 2 aromatic carbocycles. The van der Waals surface area contributed by atoms with Crippen molar-refractivity contribution in [2.45, 2.75) is 6.18 Å². The molecule has 4 rings (SSSR count). The van der Waals surface area contributed by atoms with Crippen LogP contribution in [0.2, 0.25) is 0 Å². The van der Waals surface area contributed by atoms with Gasteiger partial charge in [0.1, 0.15) is 24.3 Å². The molecule has 1 aromatic heterocycles. The lowest BCUT2D eigenvalue weighted by molar-refractivity contribution is -0.137. The zero-order valence-corrected chi connectivity index (χ0v) is 15.9. The van der Waals surface area contributed by atoms with E-state index in [0.717, 1.165) is 23.5 Å². The number of hydrogen-bond donors (Lipinski definition) is 0. The number of thiazole rings is 1. The molecular formula is C20H13F3N2O3S. The number of nitrogens with zero attached hydrogens (tertiary/aromatic N) is 2. The van der Waals surface area contributed by atoms with E-state index in [-0.39, 0.29) is 11.1 Å². The maximum Gasteiger partial charge on any atom is 0.416 e. The Hall–Kier alpha value is -3.25. The van der Waals surface area contributed by atoms with Crippen LogP contribution < -0.4 is 14.2 Å². The van der Waals surface area contributed by atoms with E-state index in [1.807, 2.05) is 0 Å². The van der Waals surface area contributed by atoms with Crippen LogP contribution in [0.25, 0.3) is 21.9 Å². The van der Waals surface area contributed by atoms with Crippen molar-refractivity contribution in [3.63, 3.8) is 0 Å². The predicted molar refractivity (Wildman–Crippen MR) is 102 cm³/mol. The summed E-state index contributed by atoms with van der Waals surface area (Å²) in [5, 5.41) is 9.93. The highest BCUT2D eigenvalue weighted by Gasteiger charge is 2.31. The molecule has 0 bridgehead atoms. The van der Waals surface area contributed by atoms with Crippen LogP contribution in [0.1, 0.15) is 16.1 Å². The molecule has 1 aliphatic heterocycles. The Morgan fingerprint density at radius 2 is 2.03 bits per heavy atom. The average molecular weight is 418 g/mol. The summed E-state index contributed by atoms with van der Waals surface area (Å²) in [4.78, 5) is 4.22. The standard InChI is InChI=1S/C20H13F3N2O3S/c1-26-15-7-11(8-16-18(15)28-5-4-27-16)6-12(10-24)19-25-14-9-13(20(21,22)23)2-3-17(14)29-19/h2-3,6-9H,4-5H2,1H3/b12-6+. The third-order valence-electron chi connectivity index (χ3n) is 4.23. The maximum absolute atomic E-state index is 12.9. The van der Waals surface area contributed by atoms with Crippen molar-refractivity contribution in [1.29, 1.82) is 5.26 Å². The quantitative estimate of drug-likeness (QED) is 0.550. The van der Waals surface area contributed by atoms with Gasteiger partial charge in [-0.25, -0.2) is 4.98 Å².